The molecule has 3 atom stereocenters. The second-order valence-corrected chi connectivity index (χ2v) is 11.7. The van der Waals surface area contributed by atoms with Crippen molar-refractivity contribution in [3.05, 3.63) is 35.5 Å². The number of hydrogen-bond acceptors (Lipinski definition) is 11. The number of sulfonamides is 1. The number of nitrogens with zero attached hydrogens (tertiary/aromatic N) is 6. The molecule has 3 aromatic heterocycles. The van der Waals surface area contributed by atoms with Crippen LogP contribution in [0.1, 0.15) is 38.7 Å². The molecule has 0 saturated carbocycles. The Morgan fingerprint density at radius 2 is 1.90 bits per heavy atom. The van der Waals surface area contributed by atoms with Crippen LogP contribution in [0, 0.1) is 0 Å². The molecule has 0 spiro atoms. The highest BCUT2D eigenvalue weighted by atomic mass is 35.5. The van der Waals surface area contributed by atoms with E-state index in [1.807, 2.05) is 0 Å². The van der Waals surface area contributed by atoms with E-state index in [9.17, 15) is 21.6 Å². The van der Waals surface area contributed by atoms with Gasteiger partial charge in [-0.1, -0.05) is 11.6 Å². The van der Waals surface area contributed by atoms with Crippen LogP contribution in [0.4, 0.5) is 19.1 Å². The Morgan fingerprint density at radius 3 is 2.54 bits per heavy atom. The molecule has 0 amide bonds. The first kappa shape index (κ1) is 30.7. The summed E-state index contributed by atoms with van der Waals surface area (Å²) in [6.07, 6.45) is -2.17. The summed E-state index contributed by atoms with van der Waals surface area (Å²) in [5.74, 6) is -0.475. The van der Waals surface area contributed by atoms with Crippen LogP contribution in [0.25, 0.3) is 11.4 Å². The first-order valence-corrected chi connectivity index (χ1v) is 14.1. The lowest BCUT2D eigenvalue weighted by molar-refractivity contribution is -0.154. The van der Waals surface area contributed by atoms with Gasteiger partial charge < -0.3 is 18.9 Å². The summed E-state index contributed by atoms with van der Waals surface area (Å²) >= 11 is 5.89. The normalized spacial score (nSPS) is 16.8. The van der Waals surface area contributed by atoms with E-state index in [4.69, 9.17) is 30.5 Å². The second-order valence-electron chi connectivity index (χ2n) is 9.25. The van der Waals surface area contributed by atoms with E-state index in [0.717, 1.165) is 0 Å². The molecule has 0 aliphatic carbocycles. The highest BCUT2D eigenvalue weighted by Crippen LogP contribution is 2.41. The number of fused-ring (bicyclic) bond motifs is 3. The maximum atomic E-state index is 13.6. The van der Waals surface area contributed by atoms with Crippen molar-refractivity contribution in [2.75, 3.05) is 31.7 Å². The summed E-state index contributed by atoms with van der Waals surface area (Å²) in [5, 5.41) is 7.21. The fourth-order valence-corrected chi connectivity index (χ4v) is 5.17. The number of aromatic nitrogens is 6. The zero-order valence-electron chi connectivity index (χ0n) is 22.3. The molecule has 0 bridgehead atoms. The Hall–Kier alpha value is -3.28. The lowest BCUT2D eigenvalue weighted by Crippen LogP contribution is -2.35. The summed E-state index contributed by atoms with van der Waals surface area (Å²) in [6, 6.07) is 0.750. The van der Waals surface area contributed by atoms with Gasteiger partial charge in [-0.25, -0.2) is 23.4 Å². The van der Waals surface area contributed by atoms with Crippen LogP contribution >= 0.6 is 11.6 Å². The van der Waals surface area contributed by atoms with E-state index in [-0.39, 0.29) is 53.3 Å². The highest BCUT2D eigenvalue weighted by Gasteiger charge is 2.38. The van der Waals surface area contributed by atoms with Gasteiger partial charge in [-0.05, 0) is 26.8 Å². The van der Waals surface area contributed by atoms with Crippen molar-refractivity contribution in [3.8, 4) is 23.0 Å². The fraction of sp³-hybridized carbons (Fsp3) is 0.522. The molecule has 3 aromatic rings. The van der Waals surface area contributed by atoms with Gasteiger partial charge in [-0.2, -0.15) is 13.2 Å². The number of pyridine rings is 1. The molecular formula is C23H27ClF3N7O6S. The molecule has 13 nitrogen and oxygen atoms in total. The molecule has 2 unspecified atom stereocenters. The maximum absolute atomic E-state index is 13.6. The maximum Gasteiger partial charge on any atom is 0.422 e. The average Bonchev–Trinajstić information content (AvgIpc) is 3.23. The van der Waals surface area contributed by atoms with E-state index in [2.05, 4.69) is 29.9 Å². The third kappa shape index (κ3) is 7.14. The molecule has 41 heavy (non-hydrogen) atoms. The third-order valence-electron chi connectivity index (χ3n) is 5.79. The monoisotopic (exact) mass is 621 g/mol. The number of nitrogens with one attached hydrogen (secondary N) is 1. The number of alkyl halides is 3. The Labute approximate surface area is 238 Å². The number of anilines is 1. The predicted octanol–water partition coefficient (Wildman–Crippen LogP) is 3.60. The lowest BCUT2D eigenvalue weighted by atomic mass is 10.2. The van der Waals surface area contributed by atoms with E-state index < -0.39 is 46.1 Å². The summed E-state index contributed by atoms with van der Waals surface area (Å²) < 4.78 is 91.4. The zero-order chi connectivity index (χ0) is 29.9. The average molecular weight is 622 g/mol. The Kier molecular flexibility index (Phi) is 9.20. The van der Waals surface area contributed by atoms with E-state index in [0.29, 0.717) is 0 Å². The van der Waals surface area contributed by atoms with Crippen LogP contribution < -0.4 is 14.2 Å². The van der Waals surface area contributed by atoms with E-state index in [1.165, 1.54) is 43.3 Å². The summed E-state index contributed by atoms with van der Waals surface area (Å²) in [5.41, 5.74) is 0.192. The number of hydrogen-bond donors (Lipinski definition) is 1. The van der Waals surface area contributed by atoms with Crippen LogP contribution in [0.3, 0.4) is 0 Å². The van der Waals surface area contributed by atoms with Crippen molar-refractivity contribution < 1.29 is 40.5 Å². The first-order chi connectivity index (χ1) is 19.3. The van der Waals surface area contributed by atoms with Crippen LogP contribution in [-0.4, -0.2) is 82.6 Å². The number of halogens is 4. The van der Waals surface area contributed by atoms with Crippen molar-refractivity contribution in [3.63, 3.8) is 0 Å². The predicted molar refractivity (Wildman–Crippen MR) is 139 cm³/mol. The standard InChI is InChI=1S/C23H27ClF3N7O6S/c1-12(2)40-17(19-29-7-14(24)8-30-19)13(3)41(35,36)33-22-32-31-20-16-5-6-28-21(39-11-23(25,26)27)18(16)38-10-15(9-37-4)34(20)22/h5-8,12-13,15,17H,9-11H2,1-4H3,(H,32,33)/t13?,15-,17?/m1/s1. The first-order valence-electron chi connectivity index (χ1n) is 12.2. The van der Waals surface area contributed by atoms with Gasteiger partial charge >= 0.3 is 6.18 Å². The van der Waals surface area contributed by atoms with Gasteiger partial charge in [-0.3, -0.25) is 9.29 Å². The molecule has 1 aliphatic rings. The molecule has 18 heteroatoms. The molecular weight excluding hydrogens is 595 g/mol. The minimum absolute atomic E-state index is 0.0210. The highest BCUT2D eigenvalue weighted by molar-refractivity contribution is 7.93. The molecule has 224 valence electrons. The molecule has 0 saturated heterocycles. The van der Waals surface area contributed by atoms with E-state index >= 15 is 0 Å². The fourth-order valence-electron chi connectivity index (χ4n) is 3.98. The largest absolute Gasteiger partial charge is 0.485 e. The Bertz CT molecular complexity index is 1460. The van der Waals surface area contributed by atoms with Crippen molar-refractivity contribution in [2.24, 2.45) is 0 Å². The molecule has 1 aliphatic heterocycles. The van der Waals surface area contributed by atoms with Crippen molar-refractivity contribution in [2.45, 2.75) is 50.4 Å². The van der Waals surface area contributed by atoms with Gasteiger partial charge in [-0.15, -0.1) is 10.2 Å². The Morgan fingerprint density at radius 1 is 1.20 bits per heavy atom. The van der Waals surface area contributed by atoms with Gasteiger partial charge in [0.2, 0.25) is 16.0 Å². The van der Waals surface area contributed by atoms with Crippen molar-refractivity contribution >= 4 is 27.6 Å². The van der Waals surface area contributed by atoms with Gasteiger partial charge in [0.25, 0.3) is 5.88 Å². The molecule has 1 N–H and O–H groups in total. The number of rotatable bonds is 11. The number of ether oxygens (including phenoxy) is 4. The summed E-state index contributed by atoms with van der Waals surface area (Å²) in [7, 11) is -2.81. The smallest absolute Gasteiger partial charge is 0.422 e. The molecule has 0 fully saturated rings. The topological polar surface area (TPSA) is 152 Å². The second kappa shape index (κ2) is 12.3. The van der Waals surface area contributed by atoms with Crippen molar-refractivity contribution in [1.29, 1.82) is 0 Å². The van der Waals surface area contributed by atoms with Crippen molar-refractivity contribution in [1.82, 2.24) is 29.7 Å². The summed E-state index contributed by atoms with van der Waals surface area (Å²) in [6.45, 7) is 3.18. The molecule has 4 rings (SSSR count). The minimum atomic E-state index is -4.61. The van der Waals surface area contributed by atoms with E-state index in [1.54, 1.807) is 13.8 Å². The lowest BCUT2D eigenvalue weighted by Gasteiger charge is -2.26. The van der Waals surface area contributed by atoms with Gasteiger partial charge in [0.15, 0.2) is 24.0 Å². The van der Waals surface area contributed by atoms with Gasteiger partial charge in [0.1, 0.15) is 18.0 Å². The van der Waals surface area contributed by atoms with Gasteiger partial charge in [0, 0.05) is 25.7 Å². The Balaban J connectivity index is 1.71. The van der Waals surface area contributed by atoms with Crippen LogP contribution in [0.2, 0.25) is 5.02 Å². The SMILES string of the molecule is COC[C@@H]1COc2c(ccnc2OCC(F)(F)F)-c2nnc(NS(=O)(=O)C(C)C(OC(C)C)c3ncc(Cl)cn3)n21. The third-order valence-corrected chi connectivity index (χ3v) is 7.68. The quantitative estimate of drug-likeness (QED) is 0.334. The molecule has 0 aromatic carbocycles. The van der Waals surface area contributed by atoms with Crippen LogP contribution in [0.15, 0.2) is 24.7 Å². The molecule has 4 heterocycles. The van der Waals surface area contributed by atoms with Gasteiger partial charge in [0.05, 0.1) is 29.3 Å². The number of methoxy groups -OCH3 is 1. The molecule has 0 radical (unpaired) electrons. The minimum Gasteiger partial charge on any atom is -0.485 e. The van der Waals surface area contributed by atoms with Crippen LogP contribution in [0.5, 0.6) is 11.6 Å². The zero-order valence-corrected chi connectivity index (χ0v) is 23.9. The summed E-state index contributed by atoms with van der Waals surface area (Å²) in [4.78, 5) is 12.1. The van der Waals surface area contributed by atoms with Crippen LogP contribution in [-0.2, 0) is 19.5 Å².